The van der Waals surface area contributed by atoms with Gasteiger partial charge in [0.2, 0.25) is 0 Å². The molecule has 2 amide bonds. The molecule has 0 heterocycles. The minimum absolute atomic E-state index is 0.0477. The third-order valence-corrected chi connectivity index (χ3v) is 2.39. The number of hydrogen-bond donors (Lipinski definition) is 3. The molecular formula is C12H20N2O3. The van der Waals surface area contributed by atoms with Crippen LogP contribution < -0.4 is 10.6 Å². The van der Waals surface area contributed by atoms with Gasteiger partial charge in [0, 0.05) is 6.54 Å². The van der Waals surface area contributed by atoms with Crippen LogP contribution in [0.4, 0.5) is 4.79 Å². The van der Waals surface area contributed by atoms with Crippen LogP contribution in [0.15, 0.2) is 0 Å². The van der Waals surface area contributed by atoms with E-state index >= 15 is 0 Å². The zero-order valence-corrected chi connectivity index (χ0v) is 10.7. The predicted molar refractivity (Wildman–Crippen MR) is 65.4 cm³/mol. The predicted octanol–water partition coefficient (Wildman–Crippen LogP) is 1.05. The largest absolute Gasteiger partial charge is 0.481 e. The molecule has 0 aromatic heterocycles. The Morgan fingerprint density at radius 3 is 2.29 bits per heavy atom. The number of carbonyl (C=O) groups excluding carboxylic acids is 1. The average Bonchev–Trinajstić information content (AvgIpc) is 2.16. The maximum Gasteiger partial charge on any atom is 0.315 e. The molecule has 0 saturated carbocycles. The second-order valence-electron chi connectivity index (χ2n) is 4.79. The second kappa shape index (κ2) is 6.14. The Morgan fingerprint density at radius 1 is 1.41 bits per heavy atom. The van der Waals surface area contributed by atoms with Gasteiger partial charge in [-0.15, -0.1) is 6.42 Å². The smallest absolute Gasteiger partial charge is 0.315 e. The maximum atomic E-state index is 11.5. The van der Waals surface area contributed by atoms with E-state index in [1.165, 1.54) is 0 Å². The number of carboxylic acids is 1. The van der Waals surface area contributed by atoms with Crippen molar-refractivity contribution in [2.24, 2.45) is 11.8 Å². The van der Waals surface area contributed by atoms with Crippen LogP contribution in [0, 0.1) is 24.2 Å². The number of carboxylic acid groups (broad SMARTS) is 1. The van der Waals surface area contributed by atoms with Gasteiger partial charge < -0.3 is 15.7 Å². The van der Waals surface area contributed by atoms with E-state index in [4.69, 9.17) is 11.5 Å². The minimum atomic E-state index is -0.920. The lowest BCUT2D eigenvalue weighted by Crippen LogP contribution is -2.49. The molecule has 0 aliphatic rings. The molecule has 0 radical (unpaired) electrons. The Kier molecular flexibility index (Phi) is 5.52. The summed E-state index contributed by atoms with van der Waals surface area (Å²) in [7, 11) is 0. The van der Waals surface area contributed by atoms with Crippen molar-refractivity contribution < 1.29 is 14.7 Å². The summed E-state index contributed by atoms with van der Waals surface area (Å²) in [4.78, 5) is 22.3. The van der Waals surface area contributed by atoms with E-state index in [-0.39, 0.29) is 12.5 Å². The molecule has 17 heavy (non-hydrogen) atoms. The Balaban J connectivity index is 4.25. The van der Waals surface area contributed by atoms with Crippen LogP contribution in [0.3, 0.4) is 0 Å². The van der Waals surface area contributed by atoms with E-state index in [9.17, 15) is 9.59 Å². The van der Waals surface area contributed by atoms with Crippen LogP contribution in [-0.2, 0) is 4.79 Å². The van der Waals surface area contributed by atoms with Gasteiger partial charge in [0.1, 0.15) is 0 Å². The summed E-state index contributed by atoms with van der Waals surface area (Å²) in [6.45, 7) is 7.04. The van der Waals surface area contributed by atoms with Crippen molar-refractivity contribution in [1.82, 2.24) is 10.6 Å². The van der Waals surface area contributed by atoms with Gasteiger partial charge in [0.15, 0.2) is 0 Å². The topological polar surface area (TPSA) is 78.4 Å². The van der Waals surface area contributed by atoms with Gasteiger partial charge in [-0.1, -0.05) is 19.8 Å². The molecule has 0 bridgehead atoms. The molecule has 1 unspecified atom stereocenters. The summed E-state index contributed by atoms with van der Waals surface area (Å²) in [6, 6.07) is -0.458. The minimum Gasteiger partial charge on any atom is -0.481 e. The number of amides is 2. The Bertz CT molecular complexity index is 329. The molecule has 0 aliphatic heterocycles. The van der Waals surface area contributed by atoms with Crippen LogP contribution in [0.2, 0.25) is 0 Å². The highest BCUT2D eigenvalue weighted by Gasteiger charge is 2.23. The van der Waals surface area contributed by atoms with E-state index in [0.29, 0.717) is 0 Å². The lowest BCUT2D eigenvalue weighted by atomic mass is 9.96. The first-order chi connectivity index (χ1) is 7.69. The van der Waals surface area contributed by atoms with Crippen LogP contribution in [0.1, 0.15) is 27.7 Å². The number of terminal acetylenes is 1. The fourth-order valence-electron chi connectivity index (χ4n) is 1.17. The zero-order valence-electron chi connectivity index (χ0n) is 10.7. The molecular weight excluding hydrogens is 220 g/mol. The highest BCUT2D eigenvalue weighted by molar-refractivity contribution is 5.77. The second-order valence-corrected chi connectivity index (χ2v) is 4.79. The fourth-order valence-corrected chi connectivity index (χ4v) is 1.17. The molecule has 96 valence electrons. The maximum absolute atomic E-state index is 11.5. The standard InChI is InChI=1S/C12H20N2O3/c1-6-12(4,5)14-11(17)13-7-9(8(2)3)10(15)16/h1,8-9H,7H2,2-5H3,(H,15,16)(H2,13,14,17). The van der Waals surface area contributed by atoms with E-state index in [1.807, 2.05) is 0 Å². The number of urea groups is 1. The highest BCUT2D eigenvalue weighted by Crippen LogP contribution is 2.09. The summed E-state index contributed by atoms with van der Waals surface area (Å²) < 4.78 is 0. The lowest BCUT2D eigenvalue weighted by Gasteiger charge is -2.22. The third-order valence-electron chi connectivity index (χ3n) is 2.39. The van der Waals surface area contributed by atoms with Crippen LogP contribution in [-0.4, -0.2) is 29.2 Å². The molecule has 1 atom stereocenters. The first kappa shape index (κ1) is 15.3. The summed E-state index contributed by atoms with van der Waals surface area (Å²) >= 11 is 0. The number of rotatable bonds is 5. The normalized spacial score (nSPS) is 12.7. The van der Waals surface area contributed by atoms with E-state index in [0.717, 1.165) is 0 Å². The van der Waals surface area contributed by atoms with Gasteiger partial charge >= 0.3 is 12.0 Å². The van der Waals surface area contributed by atoms with Crippen molar-refractivity contribution in [2.45, 2.75) is 33.2 Å². The van der Waals surface area contributed by atoms with Crippen molar-refractivity contribution in [3.8, 4) is 12.3 Å². The van der Waals surface area contributed by atoms with E-state index in [1.54, 1.807) is 27.7 Å². The first-order valence-electron chi connectivity index (χ1n) is 5.46. The van der Waals surface area contributed by atoms with Gasteiger partial charge in [0.25, 0.3) is 0 Å². The Labute approximate surface area is 102 Å². The molecule has 0 fully saturated rings. The van der Waals surface area contributed by atoms with Gasteiger partial charge in [0.05, 0.1) is 11.5 Å². The van der Waals surface area contributed by atoms with Crippen molar-refractivity contribution in [2.75, 3.05) is 6.54 Å². The Hall–Kier alpha value is -1.70. The molecule has 0 rings (SSSR count). The van der Waals surface area contributed by atoms with Gasteiger partial charge in [-0.25, -0.2) is 4.79 Å². The van der Waals surface area contributed by atoms with Crippen LogP contribution >= 0.6 is 0 Å². The summed E-state index contributed by atoms with van der Waals surface area (Å²) in [6.07, 6.45) is 5.22. The number of hydrogen-bond acceptors (Lipinski definition) is 2. The molecule has 3 N–H and O–H groups in total. The number of nitrogens with one attached hydrogen (secondary N) is 2. The number of aliphatic carboxylic acids is 1. The molecule has 0 aromatic rings. The first-order valence-corrected chi connectivity index (χ1v) is 5.46. The van der Waals surface area contributed by atoms with Crippen molar-refractivity contribution in [3.05, 3.63) is 0 Å². The average molecular weight is 240 g/mol. The quantitative estimate of drug-likeness (QED) is 0.629. The molecule has 5 heteroatoms. The molecule has 0 aliphatic carbocycles. The molecule has 0 aromatic carbocycles. The molecule has 5 nitrogen and oxygen atoms in total. The van der Waals surface area contributed by atoms with Gasteiger partial charge in [-0.2, -0.15) is 0 Å². The lowest BCUT2D eigenvalue weighted by molar-refractivity contribution is -0.142. The van der Waals surface area contributed by atoms with Gasteiger partial charge in [-0.3, -0.25) is 4.79 Å². The van der Waals surface area contributed by atoms with Crippen LogP contribution in [0.5, 0.6) is 0 Å². The zero-order chi connectivity index (χ0) is 13.6. The van der Waals surface area contributed by atoms with Crippen LogP contribution in [0.25, 0.3) is 0 Å². The van der Waals surface area contributed by atoms with Crippen molar-refractivity contribution in [1.29, 1.82) is 0 Å². The van der Waals surface area contributed by atoms with E-state index in [2.05, 4.69) is 16.6 Å². The molecule has 0 spiro atoms. The fraction of sp³-hybridized carbons (Fsp3) is 0.667. The van der Waals surface area contributed by atoms with Gasteiger partial charge in [-0.05, 0) is 19.8 Å². The van der Waals surface area contributed by atoms with Crippen molar-refractivity contribution >= 4 is 12.0 Å². The number of carbonyl (C=O) groups is 2. The summed E-state index contributed by atoms with van der Waals surface area (Å²) in [5.41, 5.74) is -0.749. The monoisotopic (exact) mass is 240 g/mol. The van der Waals surface area contributed by atoms with E-state index < -0.39 is 23.5 Å². The Morgan fingerprint density at radius 2 is 1.94 bits per heavy atom. The SMILES string of the molecule is C#CC(C)(C)NC(=O)NCC(C(=O)O)C(C)C. The summed E-state index contributed by atoms with van der Waals surface area (Å²) in [5, 5.41) is 14.0. The summed E-state index contributed by atoms with van der Waals surface area (Å²) in [5.74, 6) is 0.847. The third kappa shape index (κ3) is 5.81. The molecule has 0 saturated heterocycles. The highest BCUT2D eigenvalue weighted by atomic mass is 16.4. The van der Waals surface area contributed by atoms with Crippen molar-refractivity contribution in [3.63, 3.8) is 0 Å².